The van der Waals surface area contributed by atoms with Crippen molar-refractivity contribution in [1.82, 2.24) is 5.32 Å². The predicted molar refractivity (Wildman–Crippen MR) is 115 cm³/mol. The number of nitrogens with zero attached hydrogens (tertiary/aromatic N) is 1. The molecule has 0 spiro atoms. The zero-order valence-corrected chi connectivity index (χ0v) is 17.6. The van der Waals surface area contributed by atoms with E-state index in [-0.39, 0.29) is 41.9 Å². The first-order chi connectivity index (χ1) is 12.7. The van der Waals surface area contributed by atoms with E-state index in [2.05, 4.69) is 10.3 Å². The first-order valence-electron chi connectivity index (χ1n) is 8.86. The number of benzene rings is 2. The molecule has 0 aliphatic carbocycles. The van der Waals surface area contributed by atoms with Gasteiger partial charge in [-0.1, -0.05) is 31.2 Å². The number of aliphatic imine (C=N–C) groups is 1. The van der Waals surface area contributed by atoms with Crippen molar-refractivity contribution in [3.8, 4) is 11.5 Å². The molecule has 1 aliphatic rings. The molecule has 27 heavy (non-hydrogen) atoms. The number of hydrogen-bond donors (Lipinski definition) is 2. The molecule has 0 saturated heterocycles. The average Bonchev–Trinajstić information content (AvgIpc) is 2.65. The Balaban J connectivity index is 0.00000261. The maximum absolute atomic E-state index is 13.3. The molecule has 3 N–H and O–H groups in total. The van der Waals surface area contributed by atoms with Crippen LogP contribution < -0.4 is 20.5 Å². The number of guanidine groups is 1. The molecule has 1 aliphatic heterocycles. The van der Waals surface area contributed by atoms with E-state index in [1.54, 1.807) is 12.1 Å². The minimum Gasteiger partial charge on any atom is -0.493 e. The minimum absolute atomic E-state index is 0. The van der Waals surface area contributed by atoms with Crippen LogP contribution in [0, 0.1) is 5.82 Å². The monoisotopic (exact) mass is 485 g/mol. The summed E-state index contributed by atoms with van der Waals surface area (Å²) in [5, 5.41) is 3.26. The van der Waals surface area contributed by atoms with Gasteiger partial charge in [-0.05, 0) is 24.6 Å². The lowest BCUT2D eigenvalue weighted by molar-refractivity contribution is 0.205. The van der Waals surface area contributed by atoms with Crippen molar-refractivity contribution in [2.24, 2.45) is 10.7 Å². The van der Waals surface area contributed by atoms with Crippen LogP contribution >= 0.6 is 24.0 Å². The van der Waals surface area contributed by atoms with Gasteiger partial charge in [0.25, 0.3) is 0 Å². The lowest BCUT2D eigenvalue weighted by Crippen LogP contribution is -2.38. The molecule has 2 atom stereocenters. The fourth-order valence-electron chi connectivity index (χ4n) is 2.90. The van der Waals surface area contributed by atoms with Gasteiger partial charge in [-0.25, -0.2) is 9.38 Å². The number of fused-ring (bicyclic) bond motifs is 1. The molecule has 0 aromatic heterocycles. The van der Waals surface area contributed by atoms with Crippen molar-refractivity contribution in [2.45, 2.75) is 31.9 Å². The van der Waals surface area contributed by atoms with Crippen LogP contribution in [0.3, 0.4) is 0 Å². The average molecular weight is 485 g/mol. The maximum atomic E-state index is 13.3. The van der Waals surface area contributed by atoms with E-state index >= 15 is 0 Å². The molecule has 2 unspecified atom stereocenters. The van der Waals surface area contributed by atoms with Crippen LogP contribution in [0.15, 0.2) is 53.5 Å². The van der Waals surface area contributed by atoms with Gasteiger partial charge in [-0.3, -0.25) is 0 Å². The molecular formula is C20H25FIN3O2. The Morgan fingerprint density at radius 1 is 1.33 bits per heavy atom. The van der Waals surface area contributed by atoms with Gasteiger partial charge in [0, 0.05) is 18.1 Å². The van der Waals surface area contributed by atoms with Gasteiger partial charge in [-0.2, -0.15) is 0 Å². The van der Waals surface area contributed by atoms with Crippen molar-refractivity contribution < 1.29 is 13.9 Å². The molecule has 7 heteroatoms. The van der Waals surface area contributed by atoms with Crippen LogP contribution in [-0.2, 0) is 0 Å². The van der Waals surface area contributed by atoms with Gasteiger partial charge < -0.3 is 20.5 Å². The molecule has 0 saturated carbocycles. The minimum atomic E-state index is -0.319. The highest BCUT2D eigenvalue weighted by molar-refractivity contribution is 14.0. The summed E-state index contributed by atoms with van der Waals surface area (Å²) in [6, 6.07) is 14.1. The van der Waals surface area contributed by atoms with E-state index in [9.17, 15) is 4.39 Å². The van der Waals surface area contributed by atoms with Crippen LogP contribution in [-0.4, -0.2) is 25.2 Å². The number of rotatable bonds is 6. The Morgan fingerprint density at radius 3 is 2.93 bits per heavy atom. The molecule has 3 rings (SSSR count). The highest BCUT2D eigenvalue weighted by atomic mass is 127. The van der Waals surface area contributed by atoms with E-state index in [1.165, 1.54) is 12.1 Å². The van der Waals surface area contributed by atoms with Gasteiger partial charge in [0.1, 0.15) is 23.4 Å². The van der Waals surface area contributed by atoms with Crippen molar-refractivity contribution in [1.29, 1.82) is 0 Å². The third-order valence-corrected chi connectivity index (χ3v) is 4.30. The van der Waals surface area contributed by atoms with Crippen molar-refractivity contribution >= 4 is 29.9 Å². The Morgan fingerprint density at radius 2 is 2.15 bits per heavy atom. The second-order valence-electron chi connectivity index (χ2n) is 6.20. The third kappa shape index (κ3) is 5.98. The van der Waals surface area contributed by atoms with E-state index in [0.717, 1.165) is 24.2 Å². The maximum Gasteiger partial charge on any atom is 0.189 e. The van der Waals surface area contributed by atoms with Crippen LogP contribution in [0.2, 0.25) is 0 Å². The summed E-state index contributed by atoms with van der Waals surface area (Å²) in [4.78, 5) is 4.40. The van der Waals surface area contributed by atoms with E-state index in [1.807, 2.05) is 31.2 Å². The molecular weight excluding hydrogens is 460 g/mol. The number of halogens is 2. The standard InChI is InChI=1S/C20H24FN3O2.HI/c1-2-15(26-16-7-5-6-14(21)12-16)13-23-20(22)24-18-10-11-25-19-9-4-3-8-17(18)19;/h3-9,12,15,18H,2,10-11,13H2,1H3,(H3,22,23,24);1H. The first kappa shape index (κ1) is 21.3. The Hall–Kier alpha value is -2.03. The van der Waals surface area contributed by atoms with Gasteiger partial charge >= 0.3 is 0 Å². The number of ether oxygens (including phenoxy) is 2. The van der Waals surface area contributed by atoms with E-state index < -0.39 is 0 Å². The zero-order chi connectivity index (χ0) is 18.4. The van der Waals surface area contributed by atoms with Crippen molar-refractivity contribution in [2.75, 3.05) is 13.2 Å². The second-order valence-corrected chi connectivity index (χ2v) is 6.20. The second kappa shape index (κ2) is 10.3. The fraction of sp³-hybridized carbons (Fsp3) is 0.350. The molecule has 2 aromatic carbocycles. The molecule has 2 aromatic rings. The largest absolute Gasteiger partial charge is 0.493 e. The highest BCUT2D eigenvalue weighted by Gasteiger charge is 2.21. The Kier molecular flexibility index (Phi) is 8.15. The lowest BCUT2D eigenvalue weighted by atomic mass is 10.0. The summed E-state index contributed by atoms with van der Waals surface area (Å²) in [7, 11) is 0. The summed E-state index contributed by atoms with van der Waals surface area (Å²) in [6.45, 7) is 3.04. The van der Waals surface area contributed by atoms with Crippen LogP contribution in [0.25, 0.3) is 0 Å². The Bertz CT molecular complexity index is 772. The molecule has 0 bridgehead atoms. The fourth-order valence-corrected chi connectivity index (χ4v) is 2.90. The van der Waals surface area contributed by atoms with Crippen molar-refractivity contribution in [3.05, 3.63) is 59.9 Å². The highest BCUT2D eigenvalue weighted by Crippen LogP contribution is 2.31. The van der Waals surface area contributed by atoms with E-state index in [0.29, 0.717) is 24.9 Å². The Labute approximate surface area is 176 Å². The van der Waals surface area contributed by atoms with Crippen LogP contribution in [0.1, 0.15) is 31.4 Å². The number of nitrogens with two attached hydrogens (primary N) is 1. The lowest BCUT2D eigenvalue weighted by Gasteiger charge is -2.27. The number of hydrogen-bond acceptors (Lipinski definition) is 3. The van der Waals surface area contributed by atoms with Crippen LogP contribution in [0.5, 0.6) is 11.5 Å². The quantitative estimate of drug-likeness (QED) is 0.369. The van der Waals surface area contributed by atoms with Crippen LogP contribution in [0.4, 0.5) is 4.39 Å². The van der Waals surface area contributed by atoms with Gasteiger partial charge in [0.15, 0.2) is 5.96 Å². The summed E-state index contributed by atoms with van der Waals surface area (Å²) in [5.74, 6) is 1.43. The first-order valence-corrected chi connectivity index (χ1v) is 8.86. The molecule has 5 nitrogen and oxygen atoms in total. The van der Waals surface area contributed by atoms with E-state index in [4.69, 9.17) is 15.2 Å². The molecule has 146 valence electrons. The van der Waals surface area contributed by atoms with Crippen molar-refractivity contribution in [3.63, 3.8) is 0 Å². The number of nitrogens with one attached hydrogen (secondary N) is 1. The molecule has 0 fully saturated rings. The molecule has 0 amide bonds. The van der Waals surface area contributed by atoms with Gasteiger partial charge in [0.2, 0.25) is 0 Å². The zero-order valence-electron chi connectivity index (χ0n) is 15.2. The number of para-hydroxylation sites is 1. The molecule has 0 radical (unpaired) electrons. The summed E-state index contributed by atoms with van der Waals surface area (Å²) < 4.78 is 24.7. The smallest absolute Gasteiger partial charge is 0.189 e. The summed E-state index contributed by atoms with van der Waals surface area (Å²) in [6.07, 6.45) is 1.40. The third-order valence-electron chi connectivity index (χ3n) is 4.30. The van der Waals surface area contributed by atoms with Gasteiger partial charge in [0.05, 0.1) is 19.2 Å². The molecule has 1 heterocycles. The predicted octanol–water partition coefficient (Wildman–Crippen LogP) is 4.03. The normalized spacial score (nSPS) is 17.1. The SMILES string of the molecule is CCC(CN=C(N)NC1CCOc2ccccc21)Oc1cccc(F)c1.I. The van der Waals surface area contributed by atoms with Gasteiger partial charge in [-0.15, -0.1) is 24.0 Å². The summed E-state index contributed by atoms with van der Waals surface area (Å²) >= 11 is 0. The summed E-state index contributed by atoms with van der Waals surface area (Å²) in [5.41, 5.74) is 7.15. The topological polar surface area (TPSA) is 68.9 Å².